The van der Waals surface area contributed by atoms with Crippen LogP contribution in [0, 0.1) is 0 Å². The highest BCUT2D eigenvalue weighted by atomic mass is 16.5. The molecule has 1 aromatic heterocycles. The van der Waals surface area contributed by atoms with Crippen molar-refractivity contribution in [3.8, 4) is 0 Å². The molecule has 0 bridgehead atoms. The van der Waals surface area contributed by atoms with Crippen molar-refractivity contribution in [2.24, 2.45) is 4.99 Å². The summed E-state index contributed by atoms with van der Waals surface area (Å²) in [6, 6.07) is 4.02. The molecule has 0 aromatic carbocycles. The minimum atomic E-state index is 0.0693. The van der Waals surface area contributed by atoms with Crippen molar-refractivity contribution in [2.75, 3.05) is 54.1 Å². The van der Waals surface area contributed by atoms with E-state index < -0.39 is 0 Å². The van der Waals surface area contributed by atoms with Gasteiger partial charge in [0.2, 0.25) is 5.91 Å². The monoisotopic (exact) mass is 501 g/mol. The Morgan fingerprint density at radius 2 is 2.03 bits per heavy atom. The summed E-state index contributed by atoms with van der Waals surface area (Å²) in [6.45, 7) is 10.1. The van der Waals surface area contributed by atoms with E-state index in [0.29, 0.717) is 26.1 Å². The van der Waals surface area contributed by atoms with Crippen LogP contribution in [0.4, 0.5) is 0 Å². The van der Waals surface area contributed by atoms with E-state index >= 15 is 0 Å². The summed E-state index contributed by atoms with van der Waals surface area (Å²) in [6.07, 6.45) is 10.6. The number of carbonyl (C=O) groups excluding carboxylic acids is 2. The number of nitrogens with zero attached hydrogens (tertiary/aromatic N) is 3. The normalized spacial score (nSPS) is 14.4. The topological polar surface area (TPSA) is 105 Å². The summed E-state index contributed by atoms with van der Waals surface area (Å²) in [4.78, 5) is 31.8. The Kier molecular flexibility index (Phi) is 16.5. The van der Waals surface area contributed by atoms with Gasteiger partial charge >= 0.3 is 0 Å². The molecule has 1 amide bonds. The zero-order chi connectivity index (χ0) is 26.6. The van der Waals surface area contributed by atoms with Gasteiger partial charge in [-0.05, 0) is 68.9 Å². The van der Waals surface area contributed by atoms with Crippen LogP contribution in [0.2, 0.25) is 0 Å². The van der Waals surface area contributed by atoms with Gasteiger partial charge in [-0.3, -0.25) is 19.6 Å². The number of hydrogen-bond donors (Lipinski definition) is 2. The molecule has 1 aliphatic heterocycles. The molecule has 0 spiro atoms. The van der Waals surface area contributed by atoms with E-state index in [1.807, 2.05) is 17.2 Å². The maximum Gasteiger partial charge on any atom is 0.292 e. The number of aromatic nitrogens is 1. The molecule has 1 aromatic rings. The highest BCUT2D eigenvalue weighted by molar-refractivity contribution is 5.90. The number of methoxy groups -OCH3 is 1. The average Bonchev–Trinajstić information content (AvgIpc) is 2.93. The molecule has 2 N–H and O–H groups in total. The summed E-state index contributed by atoms with van der Waals surface area (Å²) in [5, 5.41) is 6.22. The molecule has 2 heterocycles. The summed E-state index contributed by atoms with van der Waals surface area (Å²) in [5.74, 6) is 0.811. The lowest BCUT2D eigenvalue weighted by Crippen LogP contribution is -2.44. The zero-order valence-electron chi connectivity index (χ0n) is 22.3. The molecule has 0 saturated carbocycles. The molecule has 2 aliphatic rings. The lowest BCUT2D eigenvalue weighted by molar-refractivity contribution is -0.129. The van der Waals surface area contributed by atoms with Crippen molar-refractivity contribution in [2.45, 2.75) is 45.4 Å². The van der Waals surface area contributed by atoms with Crippen LogP contribution >= 0.6 is 0 Å². The number of carbonyl (C=O) groups is 2. The van der Waals surface area contributed by atoms with Crippen LogP contribution < -0.4 is 10.6 Å². The first-order valence-electron chi connectivity index (χ1n) is 12.5. The number of fused-ring (bicyclic) bond motifs is 1. The largest absolute Gasteiger partial charge is 0.471 e. The van der Waals surface area contributed by atoms with Crippen molar-refractivity contribution in [3.05, 3.63) is 47.4 Å². The number of aryl methyl sites for hydroxylation is 1. The van der Waals surface area contributed by atoms with Gasteiger partial charge < -0.3 is 25.0 Å². The van der Waals surface area contributed by atoms with Crippen LogP contribution in [0.25, 0.3) is 6.08 Å². The smallest absolute Gasteiger partial charge is 0.292 e. The van der Waals surface area contributed by atoms with E-state index in [1.165, 1.54) is 26.4 Å². The molecule has 1 fully saturated rings. The second kappa shape index (κ2) is 19.2. The molecule has 1 aliphatic carbocycles. The Bertz CT molecular complexity index is 854. The number of allylic oxidation sites excluding steroid dienone is 1. The first kappa shape index (κ1) is 31.0. The standard InChI is InChI=1S/C20H29N5O.C5H10O.C2H4O2/c1-5-11-25(20(26)13-21-3)14-19(22-4)24-15(2)16-8-9-18-17(12-16)7-6-10-23-18;1-2-4-6-5-3-1;1-4-2-3/h6-7,10,12,21H,2,5,8-9,11,13-14H2,1,3-4H3,(H,22,24);1-5H2;2H,1H3. The van der Waals surface area contributed by atoms with E-state index in [9.17, 15) is 4.79 Å². The van der Waals surface area contributed by atoms with E-state index in [0.717, 1.165) is 60.8 Å². The number of amidine groups is 1. The Hall–Kier alpha value is -3.04. The molecule has 1 saturated heterocycles. The van der Waals surface area contributed by atoms with Crippen LogP contribution in [0.1, 0.15) is 50.3 Å². The van der Waals surface area contributed by atoms with Crippen molar-refractivity contribution in [3.63, 3.8) is 0 Å². The third kappa shape index (κ3) is 12.1. The van der Waals surface area contributed by atoms with Crippen molar-refractivity contribution in [1.82, 2.24) is 20.5 Å². The highest BCUT2D eigenvalue weighted by Gasteiger charge is 2.17. The summed E-state index contributed by atoms with van der Waals surface area (Å²) < 4.78 is 8.93. The predicted molar refractivity (Wildman–Crippen MR) is 145 cm³/mol. The number of nitrogens with one attached hydrogen (secondary N) is 2. The number of amides is 1. The van der Waals surface area contributed by atoms with Gasteiger partial charge in [-0.1, -0.05) is 19.6 Å². The molecule has 0 radical (unpaired) electrons. The second-order valence-electron chi connectivity index (χ2n) is 8.33. The number of pyridine rings is 1. The lowest BCUT2D eigenvalue weighted by atomic mass is 9.94. The highest BCUT2D eigenvalue weighted by Crippen LogP contribution is 2.25. The van der Waals surface area contributed by atoms with Gasteiger partial charge in [-0.2, -0.15) is 0 Å². The number of hydrogen-bond acceptors (Lipinski definition) is 7. The van der Waals surface area contributed by atoms with Gasteiger partial charge in [0.05, 0.1) is 20.2 Å². The minimum absolute atomic E-state index is 0.0693. The molecule has 9 nitrogen and oxygen atoms in total. The van der Waals surface area contributed by atoms with E-state index in [1.54, 1.807) is 14.1 Å². The minimum Gasteiger partial charge on any atom is -0.471 e. The fourth-order valence-corrected chi connectivity index (χ4v) is 3.66. The van der Waals surface area contributed by atoms with E-state index in [2.05, 4.69) is 51.0 Å². The molecular weight excluding hydrogens is 458 g/mol. The Balaban J connectivity index is 0.000000539. The van der Waals surface area contributed by atoms with Gasteiger partial charge in [0.25, 0.3) is 6.47 Å². The maximum atomic E-state index is 12.2. The molecular formula is C27H43N5O4. The van der Waals surface area contributed by atoms with Gasteiger partial charge in [0.1, 0.15) is 5.84 Å². The molecule has 200 valence electrons. The molecule has 36 heavy (non-hydrogen) atoms. The number of likely N-dealkylation sites (N-methyl/N-ethyl adjacent to an activating group) is 1. The first-order chi connectivity index (χ1) is 17.5. The molecule has 3 rings (SSSR count). The predicted octanol–water partition coefficient (Wildman–Crippen LogP) is 2.98. The van der Waals surface area contributed by atoms with Gasteiger partial charge in [-0.25, -0.2) is 0 Å². The number of rotatable bonds is 9. The summed E-state index contributed by atoms with van der Waals surface area (Å²) in [7, 11) is 4.82. The fraction of sp³-hybridized carbons (Fsp3) is 0.556. The lowest BCUT2D eigenvalue weighted by Gasteiger charge is -2.25. The van der Waals surface area contributed by atoms with Gasteiger partial charge in [-0.15, -0.1) is 0 Å². The maximum absolute atomic E-state index is 12.2. The van der Waals surface area contributed by atoms with Crippen LogP contribution in [-0.4, -0.2) is 82.2 Å². The van der Waals surface area contributed by atoms with Crippen molar-refractivity contribution >= 4 is 24.3 Å². The number of aliphatic imine (C=N–C) groups is 1. The van der Waals surface area contributed by atoms with E-state index in [4.69, 9.17) is 9.53 Å². The third-order valence-electron chi connectivity index (χ3n) is 5.53. The van der Waals surface area contributed by atoms with Crippen LogP contribution in [0.3, 0.4) is 0 Å². The number of ether oxygens (including phenoxy) is 2. The average molecular weight is 502 g/mol. The Morgan fingerprint density at radius 1 is 1.31 bits per heavy atom. The van der Waals surface area contributed by atoms with Crippen LogP contribution in [0.5, 0.6) is 0 Å². The fourth-order valence-electron chi connectivity index (χ4n) is 3.66. The van der Waals surface area contributed by atoms with Crippen LogP contribution in [-0.2, 0) is 25.5 Å². The molecule has 0 atom stereocenters. The van der Waals surface area contributed by atoms with Gasteiger partial charge in [0, 0.05) is 44.4 Å². The van der Waals surface area contributed by atoms with E-state index in [-0.39, 0.29) is 5.91 Å². The SMILES string of the molecule is C1CCOCC1.C=C(NC(CN(CCC)C(=O)CNC)=NC)C1=Cc2cccnc2CC1.COC=O. The molecule has 9 heteroatoms. The van der Waals surface area contributed by atoms with Crippen LogP contribution in [0.15, 0.2) is 41.2 Å². The summed E-state index contributed by atoms with van der Waals surface area (Å²) in [5.41, 5.74) is 4.25. The first-order valence-corrected chi connectivity index (χ1v) is 12.5. The van der Waals surface area contributed by atoms with Crippen molar-refractivity contribution in [1.29, 1.82) is 0 Å². The van der Waals surface area contributed by atoms with Gasteiger partial charge in [0.15, 0.2) is 0 Å². The van der Waals surface area contributed by atoms with Crippen molar-refractivity contribution < 1.29 is 19.1 Å². The second-order valence-corrected chi connectivity index (χ2v) is 8.33. The Labute approximate surface area is 216 Å². The summed E-state index contributed by atoms with van der Waals surface area (Å²) >= 11 is 0. The molecule has 0 unspecified atom stereocenters. The quantitative estimate of drug-likeness (QED) is 0.304. The zero-order valence-corrected chi connectivity index (χ0v) is 22.3. The Morgan fingerprint density at radius 3 is 2.56 bits per heavy atom. The third-order valence-corrected chi connectivity index (χ3v) is 5.53.